The zero-order chi connectivity index (χ0) is 40.8. The molecule has 25 nitrogen and oxygen atoms in total. The molecule has 0 spiro atoms. The lowest BCUT2D eigenvalue weighted by molar-refractivity contribution is -0.409. The van der Waals surface area contributed by atoms with E-state index in [1.165, 1.54) is 13.8 Å². The van der Waals surface area contributed by atoms with E-state index in [1.54, 1.807) is 0 Å². The molecule has 25 atom stereocenters. The lowest BCUT2D eigenvalue weighted by Gasteiger charge is -2.50. The van der Waals surface area contributed by atoms with Crippen molar-refractivity contribution >= 4 is 5.97 Å². The first kappa shape index (κ1) is 44.6. The van der Waals surface area contributed by atoms with Gasteiger partial charge in [-0.05, 0) is 13.8 Å². The molecular weight excluding hydrogens is 760 g/mol. The Kier molecular flexibility index (Phi) is 14.8. The Bertz CT molecular complexity index is 1250. The maximum Gasteiger partial charge on any atom is 0.335 e. The fourth-order valence-electron chi connectivity index (χ4n) is 6.83. The summed E-state index contributed by atoms with van der Waals surface area (Å²) in [5.74, 6) is -1.86. The fourth-order valence-corrected chi connectivity index (χ4v) is 6.83. The van der Waals surface area contributed by atoms with Crippen LogP contribution in [-0.2, 0) is 47.4 Å². The second-order valence-electron chi connectivity index (χ2n) is 14.0. The third-order valence-electron chi connectivity index (χ3n) is 10.2. The fraction of sp³-hybridized carbons (Fsp3) is 0.967. The lowest BCUT2D eigenvalue weighted by Crippen LogP contribution is -2.69. The van der Waals surface area contributed by atoms with Crippen molar-refractivity contribution < 1.29 is 124 Å². The van der Waals surface area contributed by atoms with E-state index < -0.39 is 173 Å². The summed E-state index contributed by atoms with van der Waals surface area (Å²) >= 11 is 0. The van der Waals surface area contributed by atoms with Crippen LogP contribution in [-0.4, -0.2) is 249 Å². The molecule has 0 aromatic rings. The summed E-state index contributed by atoms with van der Waals surface area (Å²) in [4.78, 5) is 12.6. The summed E-state index contributed by atoms with van der Waals surface area (Å²) in [5.41, 5.74) is 0. The van der Waals surface area contributed by atoms with Gasteiger partial charge in [-0.25, -0.2) is 4.79 Å². The molecule has 0 aromatic heterocycles. The molecule has 5 rings (SSSR count). The molecule has 0 bridgehead atoms. The number of rotatable bonds is 11. The van der Waals surface area contributed by atoms with Gasteiger partial charge in [0.2, 0.25) is 0 Å². The highest BCUT2D eigenvalue weighted by atomic mass is 16.8. The first-order valence-electron chi connectivity index (χ1n) is 17.3. The second kappa shape index (κ2) is 18.2. The monoisotopic (exact) mass is 810 g/mol. The highest BCUT2D eigenvalue weighted by molar-refractivity contribution is 5.73. The Morgan fingerprint density at radius 1 is 0.436 bits per heavy atom. The number of aliphatic hydroxyl groups is 14. The summed E-state index contributed by atoms with van der Waals surface area (Å²) < 4.78 is 49.9. The third kappa shape index (κ3) is 8.94. The van der Waals surface area contributed by atoms with Gasteiger partial charge in [0.25, 0.3) is 0 Å². The van der Waals surface area contributed by atoms with Gasteiger partial charge in [-0.3, -0.25) is 0 Å². The maximum absolute atomic E-state index is 12.6. The molecule has 0 aliphatic carbocycles. The Balaban J connectivity index is 1.48. The van der Waals surface area contributed by atoms with Gasteiger partial charge in [-0.15, -0.1) is 0 Å². The van der Waals surface area contributed by atoms with E-state index in [1.807, 2.05) is 0 Å². The van der Waals surface area contributed by atoms with Crippen LogP contribution in [0.5, 0.6) is 0 Å². The Labute approximate surface area is 310 Å². The zero-order valence-electron chi connectivity index (χ0n) is 29.1. The first-order chi connectivity index (χ1) is 25.8. The predicted molar refractivity (Wildman–Crippen MR) is 164 cm³/mol. The van der Waals surface area contributed by atoms with Crippen molar-refractivity contribution in [3.63, 3.8) is 0 Å². The molecule has 55 heavy (non-hydrogen) atoms. The van der Waals surface area contributed by atoms with Gasteiger partial charge in [0.15, 0.2) is 37.6 Å². The topological polar surface area (TPSA) is 404 Å². The van der Waals surface area contributed by atoms with Crippen LogP contribution in [0.2, 0.25) is 0 Å². The van der Waals surface area contributed by atoms with Crippen LogP contribution in [0, 0.1) is 0 Å². The number of hydrogen-bond acceptors (Lipinski definition) is 24. The largest absolute Gasteiger partial charge is 0.479 e. The Morgan fingerprint density at radius 3 is 1.33 bits per heavy atom. The van der Waals surface area contributed by atoms with E-state index in [-0.39, 0.29) is 0 Å². The molecule has 5 fully saturated rings. The molecule has 0 unspecified atom stereocenters. The molecule has 320 valence electrons. The molecule has 0 radical (unpaired) electrons. The van der Waals surface area contributed by atoms with E-state index >= 15 is 0 Å². The van der Waals surface area contributed by atoms with Crippen molar-refractivity contribution in [3.05, 3.63) is 0 Å². The Hall–Kier alpha value is -1.45. The van der Waals surface area contributed by atoms with Crippen molar-refractivity contribution in [2.75, 3.05) is 13.2 Å². The summed E-state index contributed by atoms with van der Waals surface area (Å²) in [5, 5.41) is 157. The highest BCUT2D eigenvalue weighted by Gasteiger charge is 2.58. The van der Waals surface area contributed by atoms with Gasteiger partial charge >= 0.3 is 5.97 Å². The zero-order valence-corrected chi connectivity index (χ0v) is 29.1. The standard InChI is InChI=1S/C30H50O25/c1-5-9(33)13(37)17(41)27(47-5)51-20-19(43)23(53-28-18(42)14(38)10(34)6(2)48-28)30(55-24(20)25(44)45)54-22-16(40)12(36)8(4-32)50-29(22)52-21-15(39)11(35)7(3-31)49-26(21)46/h5-24,26-43,46H,3-4H2,1-2H3,(H,44,45)/t5-,6-,7+,8+,9-,10-,11+,12+,13+,14+,15-,16-,17+,18+,19-,20-,21-,22-,23+,24-,26+,27-,28-,29+,30-/m0/s1. The quantitative estimate of drug-likeness (QED) is 0.0921. The number of carbonyl (C=O) groups is 1. The number of carboxylic acids is 1. The van der Waals surface area contributed by atoms with Crippen molar-refractivity contribution in [2.45, 2.75) is 167 Å². The summed E-state index contributed by atoms with van der Waals surface area (Å²) in [6.07, 6.45) is -47.9. The third-order valence-corrected chi connectivity index (χ3v) is 10.2. The average molecular weight is 811 g/mol. The van der Waals surface area contributed by atoms with Crippen LogP contribution in [0.15, 0.2) is 0 Å². The van der Waals surface area contributed by atoms with Crippen LogP contribution < -0.4 is 0 Å². The molecule has 5 aliphatic rings. The summed E-state index contributed by atoms with van der Waals surface area (Å²) in [6, 6.07) is 0. The molecule has 15 N–H and O–H groups in total. The molecule has 0 aromatic carbocycles. The van der Waals surface area contributed by atoms with Crippen molar-refractivity contribution in [1.82, 2.24) is 0 Å². The number of aliphatic hydroxyl groups excluding tert-OH is 14. The average Bonchev–Trinajstić information content (AvgIpc) is 3.15. The number of hydrogen-bond donors (Lipinski definition) is 15. The van der Waals surface area contributed by atoms with E-state index in [0.29, 0.717) is 0 Å². The van der Waals surface area contributed by atoms with Crippen LogP contribution in [0.25, 0.3) is 0 Å². The van der Waals surface area contributed by atoms with Crippen LogP contribution in [0.4, 0.5) is 0 Å². The smallest absolute Gasteiger partial charge is 0.335 e. The van der Waals surface area contributed by atoms with Gasteiger partial charge in [-0.1, -0.05) is 0 Å². The van der Waals surface area contributed by atoms with Gasteiger partial charge in [0.05, 0.1) is 25.4 Å². The van der Waals surface area contributed by atoms with Crippen LogP contribution in [0.3, 0.4) is 0 Å². The molecule has 5 heterocycles. The van der Waals surface area contributed by atoms with Crippen molar-refractivity contribution in [3.8, 4) is 0 Å². The van der Waals surface area contributed by atoms with Gasteiger partial charge < -0.3 is 119 Å². The second-order valence-corrected chi connectivity index (χ2v) is 14.0. The van der Waals surface area contributed by atoms with E-state index in [4.69, 9.17) is 42.6 Å². The molecule has 0 amide bonds. The van der Waals surface area contributed by atoms with E-state index in [9.17, 15) is 81.4 Å². The molecule has 5 aliphatic heterocycles. The minimum absolute atomic E-state index is 0.842. The van der Waals surface area contributed by atoms with Crippen LogP contribution >= 0.6 is 0 Å². The normalized spacial score (nSPS) is 53.9. The van der Waals surface area contributed by atoms with Gasteiger partial charge in [-0.2, -0.15) is 0 Å². The minimum Gasteiger partial charge on any atom is -0.479 e. The number of carboxylic acid groups (broad SMARTS) is 1. The number of aliphatic carboxylic acids is 1. The van der Waals surface area contributed by atoms with E-state index in [0.717, 1.165) is 0 Å². The first-order valence-corrected chi connectivity index (χ1v) is 17.3. The summed E-state index contributed by atoms with van der Waals surface area (Å²) in [6.45, 7) is 0.761. The summed E-state index contributed by atoms with van der Waals surface area (Å²) in [7, 11) is 0. The highest BCUT2D eigenvalue weighted by Crippen LogP contribution is 2.37. The maximum atomic E-state index is 12.6. The predicted octanol–water partition coefficient (Wildman–Crippen LogP) is -9.78. The van der Waals surface area contributed by atoms with Crippen molar-refractivity contribution in [1.29, 1.82) is 0 Å². The molecule has 25 heteroatoms. The van der Waals surface area contributed by atoms with Crippen LogP contribution in [0.1, 0.15) is 13.8 Å². The van der Waals surface area contributed by atoms with Gasteiger partial charge in [0, 0.05) is 0 Å². The van der Waals surface area contributed by atoms with Crippen molar-refractivity contribution in [2.24, 2.45) is 0 Å². The Morgan fingerprint density at radius 2 is 0.836 bits per heavy atom. The molecular formula is C30H50O25. The molecule has 0 saturated carbocycles. The SMILES string of the molecule is C[C@@H]1O[C@@H](O[C@H]2[C@@H](O[C@@H]3[C@@H](O[C@H]4[C@@H](O)[C@H](O)[C@@H](CO)O[C@H]4O)O[C@H](CO)[C@@H](O)[C@@H]3O)O[C@H](C(=O)O)[C@@H](O[C@@H]3O[C@@H](C)[C@H](O)[C@@H](O)[C@H]3O)[C@@H]2O)[C@H](O)[C@H](O)[C@H]1O. The molecule has 5 saturated heterocycles. The minimum atomic E-state index is -2.31. The number of ether oxygens (including phenoxy) is 9. The van der Waals surface area contributed by atoms with E-state index in [2.05, 4.69) is 0 Å². The van der Waals surface area contributed by atoms with Gasteiger partial charge in [0.1, 0.15) is 104 Å². The lowest BCUT2D eigenvalue weighted by atomic mass is 9.95.